The summed E-state index contributed by atoms with van der Waals surface area (Å²) in [4.78, 5) is 0. The second-order valence-electron chi connectivity index (χ2n) is 3.46. The molecule has 0 aromatic heterocycles. The third-order valence-corrected chi connectivity index (χ3v) is 2.51. The number of unbranched alkanes of at least 4 members (excludes halogenated alkanes) is 1. The van der Waals surface area contributed by atoms with E-state index in [0.717, 1.165) is 0 Å². The van der Waals surface area contributed by atoms with Crippen molar-refractivity contribution in [3.63, 3.8) is 0 Å². The van der Waals surface area contributed by atoms with Crippen LogP contribution in [0.25, 0.3) is 0 Å². The molecular formula is C12H17Cl. The third-order valence-electron chi connectivity index (χ3n) is 2.26. The summed E-state index contributed by atoms with van der Waals surface area (Å²) < 4.78 is 0. The molecule has 0 heterocycles. The SMILES string of the molecule is CCCCc1ccc(C(C)Cl)cc1. The van der Waals surface area contributed by atoms with Crippen molar-refractivity contribution in [2.45, 2.75) is 38.5 Å². The fraction of sp³-hybridized carbons (Fsp3) is 0.500. The van der Waals surface area contributed by atoms with Crippen molar-refractivity contribution in [3.05, 3.63) is 35.4 Å². The molecule has 1 atom stereocenters. The topological polar surface area (TPSA) is 0 Å². The van der Waals surface area contributed by atoms with Crippen LogP contribution in [-0.4, -0.2) is 0 Å². The van der Waals surface area contributed by atoms with Gasteiger partial charge in [-0.05, 0) is 30.9 Å². The Morgan fingerprint density at radius 3 is 2.31 bits per heavy atom. The van der Waals surface area contributed by atoms with E-state index in [1.54, 1.807) is 0 Å². The van der Waals surface area contributed by atoms with Gasteiger partial charge in [0.2, 0.25) is 0 Å². The predicted molar refractivity (Wildman–Crippen MR) is 59.3 cm³/mol. The number of rotatable bonds is 4. The van der Waals surface area contributed by atoms with Crippen molar-refractivity contribution in [2.75, 3.05) is 0 Å². The molecule has 0 nitrogen and oxygen atoms in total. The summed E-state index contributed by atoms with van der Waals surface area (Å²) in [5.74, 6) is 0. The number of benzene rings is 1. The van der Waals surface area contributed by atoms with Crippen LogP contribution in [0.3, 0.4) is 0 Å². The van der Waals surface area contributed by atoms with Crippen LogP contribution in [0.4, 0.5) is 0 Å². The molecule has 0 radical (unpaired) electrons. The molecule has 0 spiro atoms. The molecule has 0 aliphatic rings. The lowest BCUT2D eigenvalue weighted by molar-refractivity contribution is 0.794. The van der Waals surface area contributed by atoms with Gasteiger partial charge in [0.15, 0.2) is 0 Å². The molecule has 0 aliphatic heterocycles. The Hall–Kier alpha value is -0.490. The van der Waals surface area contributed by atoms with Crippen LogP contribution in [-0.2, 0) is 6.42 Å². The first kappa shape index (κ1) is 10.6. The van der Waals surface area contributed by atoms with Crippen LogP contribution in [0.1, 0.15) is 43.2 Å². The van der Waals surface area contributed by atoms with Gasteiger partial charge in [0, 0.05) is 0 Å². The van der Waals surface area contributed by atoms with Crippen LogP contribution in [0, 0.1) is 0 Å². The van der Waals surface area contributed by atoms with Gasteiger partial charge in [0.1, 0.15) is 0 Å². The average Bonchev–Trinajstić information content (AvgIpc) is 2.15. The first-order valence-corrected chi connectivity index (χ1v) is 5.40. The Morgan fingerprint density at radius 2 is 1.85 bits per heavy atom. The number of halogens is 1. The normalized spacial score (nSPS) is 12.8. The molecule has 0 N–H and O–H groups in total. The summed E-state index contributed by atoms with van der Waals surface area (Å²) in [5, 5.41) is 0.125. The summed E-state index contributed by atoms with van der Waals surface area (Å²) in [6.45, 7) is 4.22. The Balaban J connectivity index is 2.59. The van der Waals surface area contributed by atoms with Gasteiger partial charge in [-0.1, -0.05) is 37.6 Å². The summed E-state index contributed by atoms with van der Waals surface area (Å²) >= 11 is 5.96. The van der Waals surface area contributed by atoms with Gasteiger partial charge in [-0.3, -0.25) is 0 Å². The number of hydrogen-bond donors (Lipinski definition) is 0. The zero-order chi connectivity index (χ0) is 9.68. The lowest BCUT2D eigenvalue weighted by Crippen LogP contribution is -1.87. The zero-order valence-corrected chi connectivity index (χ0v) is 9.14. The van der Waals surface area contributed by atoms with Crippen molar-refractivity contribution < 1.29 is 0 Å². The summed E-state index contributed by atoms with van der Waals surface area (Å²) in [5.41, 5.74) is 2.63. The lowest BCUT2D eigenvalue weighted by Gasteiger charge is -2.04. The molecule has 1 aromatic rings. The molecule has 1 rings (SSSR count). The maximum atomic E-state index is 5.96. The van der Waals surface area contributed by atoms with E-state index in [0.29, 0.717) is 0 Å². The molecule has 1 heteroatoms. The highest BCUT2D eigenvalue weighted by atomic mass is 35.5. The van der Waals surface area contributed by atoms with Gasteiger partial charge in [0.25, 0.3) is 0 Å². The van der Waals surface area contributed by atoms with E-state index >= 15 is 0 Å². The highest BCUT2D eigenvalue weighted by Gasteiger charge is 1.99. The van der Waals surface area contributed by atoms with Crippen LogP contribution in [0.2, 0.25) is 0 Å². The molecule has 0 fully saturated rings. The maximum Gasteiger partial charge on any atom is 0.0557 e. The molecule has 1 unspecified atom stereocenters. The maximum absolute atomic E-state index is 5.96. The minimum absolute atomic E-state index is 0.125. The van der Waals surface area contributed by atoms with E-state index < -0.39 is 0 Å². The number of alkyl halides is 1. The van der Waals surface area contributed by atoms with Crippen molar-refractivity contribution in [3.8, 4) is 0 Å². The Bertz CT molecular complexity index is 236. The fourth-order valence-electron chi connectivity index (χ4n) is 1.33. The second-order valence-corrected chi connectivity index (χ2v) is 4.12. The molecule has 0 aliphatic carbocycles. The quantitative estimate of drug-likeness (QED) is 0.629. The van der Waals surface area contributed by atoms with Crippen LogP contribution < -0.4 is 0 Å². The molecule has 1 aromatic carbocycles. The minimum Gasteiger partial charge on any atom is -0.118 e. The summed E-state index contributed by atoms with van der Waals surface area (Å²) in [7, 11) is 0. The third kappa shape index (κ3) is 3.40. The van der Waals surface area contributed by atoms with Gasteiger partial charge in [-0.25, -0.2) is 0 Å². The van der Waals surface area contributed by atoms with Crippen LogP contribution in [0.5, 0.6) is 0 Å². The van der Waals surface area contributed by atoms with Gasteiger partial charge in [-0.2, -0.15) is 0 Å². The molecule has 13 heavy (non-hydrogen) atoms. The number of hydrogen-bond acceptors (Lipinski definition) is 0. The standard InChI is InChI=1S/C12H17Cl/c1-3-4-5-11-6-8-12(9-7-11)10(2)13/h6-10H,3-5H2,1-2H3. The Morgan fingerprint density at radius 1 is 1.23 bits per heavy atom. The van der Waals surface area contributed by atoms with Crippen molar-refractivity contribution in [1.82, 2.24) is 0 Å². The van der Waals surface area contributed by atoms with Crippen molar-refractivity contribution in [1.29, 1.82) is 0 Å². The van der Waals surface area contributed by atoms with E-state index in [9.17, 15) is 0 Å². The highest BCUT2D eigenvalue weighted by Crippen LogP contribution is 2.19. The van der Waals surface area contributed by atoms with E-state index in [4.69, 9.17) is 11.6 Å². The largest absolute Gasteiger partial charge is 0.118 e. The lowest BCUT2D eigenvalue weighted by atomic mass is 10.1. The molecule has 72 valence electrons. The van der Waals surface area contributed by atoms with Gasteiger partial charge < -0.3 is 0 Å². The Kier molecular flexibility index (Phi) is 4.31. The smallest absolute Gasteiger partial charge is 0.0557 e. The monoisotopic (exact) mass is 196 g/mol. The average molecular weight is 197 g/mol. The molecule has 0 bridgehead atoms. The molecule has 0 saturated heterocycles. The van der Waals surface area contributed by atoms with Gasteiger partial charge >= 0.3 is 0 Å². The number of aryl methyl sites for hydroxylation is 1. The first-order chi connectivity index (χ1) is 6.24. The molecule has 0 saturated carbocycles. The predicted octanol–water partition coefficient (Wildman–Crippen LogP) is 4.33. The second kappa shape index (κ2) is 5.29. The first-order valence-electron chi connectivity index (χ1n) is 4.97. The fourth-order valence-corrected chi connectivity index (χ4v) is 1.48. The van der Waals surface area contributed by atoms with Crippen LogP contribution >= 0.6 is 11.6 Å². The molecule has 0 amide bonds. The van der Waals surface area contributed by atoms with E-state index in [-0.39, 0.29) is 5.38 Å². The van der Waals surface area contributed by atoms with E-state index in [1.165, 1.54) is 30.4 Å². The van der Waals surface area contributed by atoms with Crippen molar-refractivity contribution >= 4 is 11.6 Å². The summed E-state index contributed by atoms with van der Waals surface area (Å²) in [6.07, 6.45) is 3.72. The van der Waals surface area contributed by atoms with E-state index in [1.807, 2.05) is 6.92 Å². The van der Waals surface area contributed by atoms with Crippen LogP contribution in [0.15, 0.2) is 24.3 Å². The zero-order valence-electron chi connectivity index (χ0n) is 8.39. The highest BCUT2D eigenvalue weighted by molar-refractivity contribution is 6.20. The Labute approximate surface area is 85.9 Å². The van der Waals surface area contributed by atoms with Gasteiger partial charge in [-0.15, -0.1) is 11.6 Å². The van der Waals surface area contributed by atoms with E-state index in [2.05, 4.69) is 31.2 Å². The van der Waals surface area contributed by atoms with Gasteiger partial charge in [0.05, 0.1) is 5.38 Å². The van der Waals surface area contributed by atoms with Crippen molar-refractivity contribution in [2.24, 2.45) is 0 Å². The minimum atomic E-state index is 0.125. The summed E-state index contributed by atoms with van der Waals surface area (Å²) in [6, 6.07) is 8.62. The molecular weight excluding hydrogens is 180 g/mol.